The normalized spacial score (nSPS) is 10.2. The molecular weight excluding hydrogens is 238 g/mol. The van der Waals surface area contributed by atoms with Gasteiger partial charge in [-0.2, -0.15) is 0 Å². The van der Waals surface area contributed by atoms with E-state index in [0.29, 0.717) is 6.54 Å². The zero-order valence-corrected chi connectivity index (χ0v) is 9.99. The van der Waals surface area contributed by atoms with Gasteiger partial charge in [0.15, 0.2) is 0 Å². The third-order valence-corrected chi connectivity index (χ3v) is 3.23. The average Bonchev–Trinajstić information content (AvgIpc) is 2.72. The van der Waals surface area contributed by atoms with Gasteiger partial charge in [0.05, 0.1) is 29.5 Å². The first kappa shape index (κ1) is 11.5. The fraction of sp³-hybridized carbons (Fsp3) is 0.182. The zero-order chi connectivity index (χ0) is 12.3. The van der Waals surface area contributed by atoms with Crippen molar-refractivity contribution in [1.29, 1.82) is 0 Å². The molecule has 0 saturated heterocycles. The van der Waals surface area contributed by atoms with Crippen molar-refractivity contribution in [1.82, 2.24) is 15.3 Å². The second-order valence-corrected chi connectivity index (χ2v) is 4.38. The summed E-state index contributed by atoms with van der Waals surface area (Å²) in [4.78, 5) is 20.6. The molecule has 1 amide bonds. The van der Waals surface area contributed by atoms with Crippen molar-refractivity contribution in [3.63, 3.8) is 0 Å². The van der Waals surface area contributed by atoms with Gasteiger partial charge in [0.2, 0.25) is 0 Å². The highest BCUT2D eigenvalue weighted by Gasteiger charge is 2.11. The van der Waals surface area contributed by atoms with E-state index >= 15 is 0 Å². The van der Waals surface area contributed by atoms with Crippen LogP contribution in [0.2, 0.25) is 0 Å². The molecule has 2 N–H and O–H groups in total. The van der Waals surface area contributed by atoms with E-state index in [1.807, 2.05) is 6.92 Å². The molecule has 2 aromatic heterocycles. The lowest BCUT2D eigenvalue weighted by Gasteiger charge is -2.05. The van der Waals surface area contributed by atoms with Crippen LogP contribution in [0.15, 0.2) is 24.0 Å². The summed E-state index contributed by atoms with van der Waals surface area (Å²) in [5, 5.41) is 12.2. The number of hydrogen-bond donors (Lipinski definition) is 2. The van der Waals surface area contributed by atoms with E-state index in [9.17, 15) is 9.90 Å². The fourth-order valence-corrected chi connectivity index (χ4v) is 2.05. The zero-order valence-electron chi connectivity index (χ0n) is 9.17. The molecule has 17 heavy (non-hydrogen) atoms. The van der Waals surface area contributed by atoms with Crippen molar-refractivity contribution < 1.29 is 9.90 Å². The van der Waals surface area contributed by atoms with Crippen LogP contribution in [0.25, 0.3) is 0 Å². The largest absolute Gasteiger partial charge is 0.505 e. The first-order valence-electron chi connectivity index (χ1n) is 4.98. The monoisotopic (exact) mass is 249 g/mol. The number of thiazole rings is 1. The van der Waals surface area contributed by atoms with Crippen LogP contribution in [-0.4, -0.2) is 21.0 Å². The minimum Gasteiger partial charge on any atom is -0.505 e. The quantitative estimate of drug-likeness (QED) is 0.864. The maximum absolute atomic E-state index is 11.8. The predicted octanol–water partition coefficient (Wildman–Crippen LogP) is 1.48. The van der Waals surface area contributed by atoms with Gasteiger partial charge in [0.25, 0.3) is 5.91 Å². The summed E-state index contributed by atoms with van der Waals surface area (Å²) >= 11 is 1.49. The van der Waals surface area contributed by atoms with Gasteiger partial charge in [0, 0.05) is 11.1 Å². The molecule has 0 atom stereocenters. The molecule has 0 aliphatic carbocycles. The van der Waals surface area contributed by atoms with Crippen LogP contribution in [0.5, 0.6) is 5.75 Å². The van der Waals surface area contributed by atoms with E-state index in [1.54, 1.807) is 5.51 Å². The van der Waals surface area contributed by atoms with Crippen LogP contribution >= 0.6 is 11.3 Å². The average molecular weight is 249 g/mol. The molecule has 0 aromatic carbocycles. The van der Waals surface area contributed by atoms with Crippen molar-refractivity contribution in [2.75, 3.05) is 0 Å². The molecular formula is C11H11N3O2S. The molecule has 6 heteroatoms. The number of rotatable bonds is 3. The fourth-order valence-electron chi connectivity index (χ4n) is 1.33. The Hall–Kier alpha value is -1.95. The Morgan fingerprint density at radius 1 is 1.59 bits per heavy atom. The van der Waals surface area contributed by atoms with Crippen LogP contribution in [0, 0.1) is 6.92 Å². The molecule has 0 spiro atoms. The Bertz CT molecular complexity index is 539. The van der Waals surface area contributed by atoms with Gasteiger partial charge in [-0.1, -0.05) is 0 Å². The van der Waals surface area contributed by atoms with E-state index in [0.717, 1.165) is 10.6 Å². The molecule has 0 bridgehead atoms. The number of aryl methyl sites for hydroxylation is 1. The van der Waals surface area contributed by atoms with Gasteiger partial charge in [-0.3, -0.25) is 9.78 Å². The summed E-state index contributed by atoms with van der Waals surface area (Å²) in [5.41, 5.74) is 2.87. The summed E-state index contributed by atoms with van der Waals surface area (Å²) in [7, 11) is 0. The number of aromatic nitrogens is 2. The number of amides is 1. The molecule has 0 aliphatic heterocycles. The first-order valence-corrected chi connectivity index (χ1v) is 5.86. The lowest BCUT2D eigenvalue weighted by molar-refractivity contribution is 0.0948. The topological polar surface area (TPSA) is 75.1 Å². The number of carbonyl (C=O) groups excluding carboxylic acids is 1. The van der Waals surface area contributed by atoms with Gasteiger partial charge in [-0.25, -0.2) is 4.98 Å². The molecule has 2 rings (SSSR count). The molecule has 2 heterocycles. The number of pyridine rings is 1. The van der Waals surface area contributed by atoms with E-state index < -0.39 is 0 Å². The van der Waals surface area contributed by atoms with Crippen LogP contribution in [0.1, 0.15) is 20.9 Å². The Morgan fingerprint density at radius 3 is 3.06 bits per heavy atom. The SMILES string of the molecule is Cc1ncsc1CNC(=O)c1ccncc1O. The van der Waals surface area contributed by atoms with E-state index in [4.69, 9.17) is 0 Å². The van der Waals surface area contributed by atoms with Crippen molar-refractivity contribution in [2.24, 2.45) is 0 Å². The van der Waals surface area contributed by atoms with Crippen molar-refractivity contribution >= 4 is 17.2 Å². The van der Waals surface area contributed by atoms with Crippen LogP contribution in [0.3, 0.4) is 0 Å². The van der Waals surface area contributed by atoms with Gasteiger partial charge in [-0.15, -0.1) is 11.3 Å². The summed E-state index contributed by atoms with van der Waals surface area (Å²) < 4.78 is 0. The minimum absolute atomic E-state index is 0.119. The van der Waals surface area contributed by atoms with E-state index in [-0.39, 0.29) is 17.2 Å². The third kappa shape index (κ3) is 2.59. The van der Waals surface area contributed by atoms with Crippen LogP contribution in [-0.2, 0) is 6.54 Å². The number of nitrogens with one attached hydrogen (secondary N) is 1. The second kappa shape index (κ2) is 4.92. The summed E-state index contributed by atoms with van der Waals surface area (Å²) in [5.74, 6) is -0.441. The van der Waals surface area contributed by atoms with Crippen LogP contribution in [0.4, 0.5) is 0 Å². The molecule has 88 valence electrons. The highest BCUT2D eigenvalue weighted by atomic mass is 32.1. The maximum Gasteiger partial charge on any atom is 0.255 e. The number of aromatic hydroxyl groups is 1. The standard InChI is InChI=1S/C11H11N3O2S/c1-7-10(17-6-14-7)5-13-11(16)8-2-3-12-4-9(8)15/h2-4,6,15H,5H2,1H3,(H,13,16). The Balaban J connectivity index is 2.04. The Morgan fingerprint density at radius 2 is 2.41 bits per heavy atom. The highest BCUT2D eigenvalue weighted by Crippen LogP contribution is 2.15. The Labute approximate surface area is 102 Å². The molecule has 5 nitrogen and oxygen atoms in total. The predicted molar refractivity (Wildman–Crippen MR) is 63.9 cm³/mol. The van der Waals surface area contributed by atoms with Crippen molar-refractivity contribution in [3.8, 4) is 5.75 Å². The molecule has 0 unspecified atom stereocenters. The van der Waals surface area contributed by atoms with Crippen molar-refractivity contribution in [2.45, 2.75) is 13.5 Å². The Kier molecular flexibility index (Phi) is 3.34. The van der Waals surface area contributed by atoms with E-state index in [1.165, 1.54) is 29.8 Å². The minimum atomic E-state index is -0.322. The molecule has 0 aliphatic rings. The second-order valence-electron chi connectivity index (χ2n) is 3.44. The number of hydrogen-bond acceptors (Lipinski definition) is 5. The smallest absolute Gasteiger partial charge is 0.255 e. The third-order valence-electron chi connectivity index (χ3n) is 2.30. The maximum atomic E-state index is 11.8. The summed E-state index contributed by atoms with van der Waals surface area (Å²) in [6, 6.07) is 1.48. The van der Waals surface area contributed by atoms with Gasteiger partial charge in [0.1, 0.15) is 5.75 Å². The number of carbonyl (C=O) groups is 1. The number of nitrogens with zero attached hydrogens (tertiary/aromatic N) is 2. The van der Waals surface area contributed by atoms with Gasteiger partial charge < -0.3 is 10.4 Å². The molecule has 0 radical (unpaired) electrons. The summed E-state index contributed by atoms with van der Waals surface area (Å²) in [6.45, 7) is 2.30. The van der Waals surface area contributed by atoms with Crippen LogP contribution < -0.4 is 5.32 Å². The van der Waals surface area contributed by atoms with E-state index in [2.05, 4.69) is 15.3 Å². The van der Waals surface area contributed by atoms with Gasteiger partial charge in [-0.05, 0) is 13.0 Å². The van der Waals surface area contributed by atoms with Gasteiger partial charge >= 0.3 is 0 Å². The van der Waals surface area contributed by atoms with Crippen molar-refractivity contribution in [3.05, 3.63) is 40.1 Å². The lowest BCUT2D eigenvalue weighted by atomic mass is 10.2. The molecule has 0 fully saturated rings. The lowest BCUT2D eigenvalue weighted by Crippen LogP contribution is -2.22. The first-order chi connectivity index (χ1) is 8.18. The highest BCUT2D eigenvalue weighted by molar-refractivity contribution is 7.09. The molecule has 0 saturated carbocycles. The molecule has 2 aromatic rings. The summed E-state index contributed by atoms with van der Waals surface area (Å²) in [6.07, 6.45) is 2.71.